The highest BCUT2D eigenvalue weighted by Crippen LogP contribution is 2.28. The molecule has 0 aromatic rings. The molecule has 0 heterocycles. The van der Waals surface area contributed by atoms with Crippen LogP contribution in [-0.2, 0) is 4.79 Å². The first-order valence-corrected chi connectivity index (χ1v) is 6.26. The van der Waals surface area contributed by atoms with Crippen LogP contribution in [0, 0.1) is 5.92 Å². The summed E-state index contributed by atoms with van der Waals surface area (Å²) < 4.78 is 0. The van der Waals surface area contributed by atoms with Crippen LogP contribution in [0.1, 0.15) is 40.0 Å². The average Bonchev–Trinajstić information content (AvgIpc) is 2.30. The predicted molar refractivity (Wildman–Crippen MR) is 72.4 cm³/mol. The Kier molecular flexibility index (Phi) is 5.20. The summed E-state index contributed by atoms with van der Waals surface area (Å²) in [6, 6.07) is 0. The Morgan fingerprint density at radius 2 is 2.29 bits per heavy atom. The van der Waals surface area contributed by atoms with Gasteiger partial charge in [-0.15, -0.1) is 0 Å². The molecule has 0 radical (unpaired) electrons. The highest BCUT2D eigenvalue weighted by Gasteiger charge is 2.14. The van der Waals surface area contributed by atoms with E-state index in [0.717, 1.165) is 6.42 Å². The molecule has 1 aliphatic rings. The van der Waals surface area contributed by atoms with Gasteiger partial charge in [-0.1, -0.05) is 29.9 Å². The summed E-state index contributed by atoms with van der Waals surface area (Å²) in [4.78, 5) is 12.9. The van der Waals surface area contributed by atoms with Crippen molar-refractivity contribution in [2.24, 2.45) is 5.92 Å². The molecular formula is C15H23NO. The van der Waals surface area contributed by atoms with Gasteiger partial charge in [0.15, 0.2) is 0 Å². The van der Waals surface area contributed by atoms with Gasteiger partial charge >= 0.3 is 0 Å². The van der Waals surface area contributed by atoms with Crippen molar-refractivity contribution in [1.29, 1.82) is 0 Å². The molecule has 0 aromatic heterocycles. The molecule has 17 heavy (non-hydrogen) atoms. The molecule has 0 aliphatic heterocycles. The summed E-state index contributed by atoms with van der Waals surface area (Å²) in [5.41, 5.74) is 2.90. The zero-order valence-electron chi connectivity index (χ0n) is 11.2. The van der Waals surface area contributed by atoms with Crippen LogP contribution in [0.15, 0.2) is 36.1 Å². The molecule has 2 heteroatoms. The quantitative estimate of drug-likeness (QED) is 0.678. The summed E-state index contributed by atoms with van der Waals surface area (Å²) in [5, 5.41) is 0. The summed E-state index contributed by atoms with van der Waals surface area (Å²) in [5.74, 6) is 0.695. The van der Waals surface area contributed by atoms with Crippen LogP contribution in [0.3, 0.4) is 0 Å². The van der Waals surface area contributed by atoms with E-state index in [-0.39, 0.29) is 5.91 Å². The summed E-state index contributed by atoms with van der Waals surface area (Å²) >= 11 is 0. The van der Waals surface area contributed by atoms with Crippen LogP contribution in [0.2, 0.25) is 0 Å². The lowest BCUT2D eigenvalue weighted by Gasteiger charge is -2.22. The number of amides is 1. The third-order valence-electron chi connectivity index (χ3n) is 3.52. The van der Waals surface area contributed by atoms with Crippen LogP contribution < -0.4 is 0 Å². The van der Waals surface area contributed by atoms with Crippen LogP contribution in [-0.4, -0.2) is 17.4 Å². The lowest BCUT2D eigenvalue weighted by molar-refractivity contribution is -0.125. The van der Waals surface area contributed by atoms with E-state index < -0.39 is 0 Å². The summed E-state index contributed by atoms with van der Waals surface area (Å²) in [7, 11) is 0. The summed E-state index contributed by atoms with van der Waals surface area (Å²) in [6.07, 6.45) is 9.66. The van der Waals surface area contributed by atoms with E-state index in [4.69, 9.17) is 0 Å². The van der Waals surface area contributed by atoms with Gasteiger partial charge in [0.05, 0.1) is 0 Å². The first kappa shape index (κ1) is 13.8. The van der Waals surface area contributed by atoms with Gasteiger partial charge in [-0.25, -0.2) is 0 Å². The fourth-order valence-corrected chi connectivity index (χ4v) is 2.12. The molecule has 0 spiro atoms. The smallest absolute Gasteiger partial charge is 0.223 e. The lowest BCUT2D eigenvalue weighted by atomic mass is 9.85. The topological polar surface area (TPSA) is 20.3 Å². The zero-order chi connectivity index (χ0) is 12.8. The van der Waals surface area contributed by atoms with Gasteiger partial charge < -0.3 is 4.90 Å². The van der Waals surface area contributed by atoms with Gasteiger partial charge in [0.25, 0.3) is 0 Å². The number of hydrogen-bond donors (Lipinski definition) is 0. The Hall–Kier alpha value is -1.31. The van der Waals surface area contributed by atoms with E-state index in [1.54, 1.807) is 18.0 Å². The second kappa shape index (κ2) is 6.43. The van der Waals surface area contributed by atoms with Crippen molar-refractivity contribution in [2.45, 2.75) is 40.0 Å². The van der Waals surface area contributed by atoms with Crippen LogP contribution in [0.25, 0.3) is 0 Å². The summed E-state index contributed by atoms with van der Waals surface area (Å²) in [6.45, 7) is 10.2. The molecule has 0 bridgehead atoms. The van der Waals surface area contributed by atoms with Crippen molar-refractivity contribution in [2.75, 3.05) is 6.54 Å². The molecule has 2 nitrogen and oxygen atoms in total. The highest BCUT2D eigenvalue weighted by molar-refractivity contribution is 5.74. The Bertz CT molecular complexity index is 352. The number of carbonyl (C=O) groups is 1. The van der Waals surface area contributed by atoms with Gasteiger partial charge in [-0.3, -0.25) is 4.79 Å². The third-order valence-corrected chi connectivity index (χ3v) is 3.52. The Morgan fingerprint density at radius 1 is 1.59 bits per heavy atom. The number of allylic oxidation sites excluding steroid dienone is 3. The van der Waals surface area contributed by atoms with Gasteiger partial charge in [0.2, 0.25) is 5.91 Å². The van der Waals surface area contributed by atoms with Gasteiger partial charge in [0.1, 0.15) is 0 Å². The number of rotatable bonds is 4. The molecule has 1 aliphatic carbocycles. The maximum atomic E-state index is 11.2. The standard InChI is InChI=1S/C15H23NO/c1-5-16(14(4)17)11-10-13(3)15-8-6-12(2)7-9-15/h5-6,10,15H,1,7-9,11H2,2-4H3/b13-10-. The minimum Gasteiger partial charge on any atom is -0.316 e. The fraction of sp³-hybridized carbons (Fsp3) is 0.533. The molecule has 0 fully saturated rings. The molecule has 0 saturated heterocycles. The van der Waals surface area contributed by atoms with Crippen molar-refractivity contribution in [3.63, 3.8) is 0 Å². The molecule has 1 rings (SSSR count). The molecule has 0 N–H and O–H groups in total. The Morgan fingerprint density at radius 3 is 2.76 bits per heavy atom. The van der Waals surface area contributed by atoms with Gasteiger partial charge in [0, 0.05) is 13.5 Å². The van der Waals surface area contributed by atoms with Crippen molar-refractivity contribution in [1.82, 2.24) is 4.90 Å². The second-order valence-corrected chi connectivity index (χ2v) is 4.82. The Balaban J connectivity index is 2.55. The van der Waals surface area contributed by atoms with Crippen molar-refractivity contribution >= 4 is 5.91 Å². The SMILES string of the molecule is C=CN(C/C=C(/C)C1CC=C(C)CC1)C(C)=O. The number of nitrogens with zero attached hydrogens (tertiary/aromatic N) is 1. The van der Waals surface area contributed by atoms with E-state index in [9.17, 15) is 4.79 Å². The van der Waals surface area contributed by atoms with E-state index in [1.807, 2.05) is 0 Å². The highest BCUT2D eigenvalue weighted by atomic mass is 16.2. The van der Waals surface area contributed by atoms with Crippen molar-refractivity contribution in [3.8, 4) is 0 Å². The molecule has 94 valence electrons. The van der Waals surface area contributed by atoms with Crippen LogP contribution in [0.4, 0.5) is 0 Å². The van der Waals surface area contributed by atoms with Crippen molar-refractivity contribution < 1.29 is 4.79 Å². The monoisotopic (exact) mass is 233 g/mol. The minimum absolute atomic E-state index is 0.0448. The van der Waals surface area contributed by atoms with Gasteiger partial charge in [-0.2, -0.15) is 0 Å². The molecule has 1 atom stereocenters. The number of carbonyl (C=O) groups excluding carboxylic acids is 1. The van der Waals surface area contributed by atoms with E-state index in [1.165, 1.54) is 24.0 Å². The van der Waals surface area contributed by atoms with Crippen LogP contribution in [0.5, 0.6) is 0 Å². The van der Waals surface area contributed by atoms with Gasteiger partial charge in [-0.05, 0) is 45.2 Å². The molecular weight excluding hydrogens is 210 g/mol. The average molecular weight is 233 g/mol. The first-order valence-electron chi connectivity index (χ1n) is 6.26. The largest absolute Gasteiger partial charge is 0.316 e. The lowest BCUT2D eigenvalue weighted by Crippen LogP contribution is -2.22. The van der Waals surface area contributed by atoms with Crippen LogP contribution >= 0.6 is 0 Å². The predicted octanol–water partition coefficient (Wildman–Crippen LogP) is 3.67. The minimum atomic E-state index is 0.0448. The molecule has 0 aromatic carbocycles. The maximum absolute atomic E-state index is 11.2. The molecule has 1 amide bonds. The molecule has 1 unspecified atom stereocenters. The maximum Gasteiger partial charge on any atom is 0.223 e. The van der Waals surface area contributed by atoms with E-state index in [0.29, 0.717) is 12.5 Å². The number of hydrogen-bond acceptors (Lipinski definition) is 1. The van der Waals surface area contributed by atoms with Crippen molar-refractivity contribution in [3.05, 3.63) is 36.1 Å². The normalized spacial score (nSPS) is 20.8. The Labute approximate surface area is 105 Å². The first-order chi connectivity index (χ1) is 8.04. The third kappa shape index (κ3) is 4.22. The zero-order valence-corrected chi connectivity index (χ0v) is 11.2. The van der Waals surface area contributed by atoms with E-state index in [2.05, 4.69) is 32.6 Å². The second-order valence-electron chi connectivity index (χ2n) is 4.82. The van der Waals surface area contributed by atoms with E-state index >= 15 is 0 Å². The fourth-order valence-electron chi connectivity index (χ4n) is 2.12. The molecule has 0 saturated carbocycles.